The highest BCUT2D eigenvalue weighted by atomic mass is 16.5. The van der Waals surface area contributed by atoms with Crippen LogP contribution in [0.15, 0.2) is 54.6 Å². The Morgan fingerprint density at radius 3 is 2.25 bits per heavy atom. The Kier molecular flexibility index (Phi) is 8.09. The molecule has 0 radical (unpaired) electrons. The second-order valence-electron chi connectivity index (χ2n) is 6.27. The molecule has 0 atom stereocenters. The predicted molar refractivity (Wildman–Crippen MR) is 99.3 cm³/mol. The van der Waals surface area contributed by atoms with E-state index in [0.29, 0.717) is 12.4 Å². The van der Waals surface area contributed by atoms with Crippen molar-refractivity contribution in [3.63, 3.8) is 0 Å². The number of Topliss-reactive ketones (excluding diaryl/α,β-unsaturated/α-hetero) is 1. The minimum absolute atomic E-state index is 0.418. The summed E-state index contributed by atoms with van der Waals surface area (Å²) in [6, 6.07) is 18.5. The molecule has 2 nitrogen and oxygen atoms in total. The van der Waals surface area contributed by atoms with Gasteiger partial charge in [-0.15, -0.1) is 0 Å². The summed E-state index contributed by atoms with van der Waals surface area (Å²) in [5.41, 5.74) is 2.48. The SMILES string of the molecule is CCCCC(=O)CCCCc1ccc(OCc2ccccc2)cc1. The Balaban J connectivity index is 1.65. The Labute approximate surface area is 145 Å². The van der Waals surface area contributed by atoms with Crippen LogP contribution in [0.25, 0.3) is 0 Å². The Hall–Kier alpha value is -2.09. The number of rotatable bonds is 11. The van der Waals surface area contributed by atoms with E-state index in [4.69, 9.17) is 4.74 Å². The standard InChI is InChI=1S/C22H28O2/c1-2-3-12-21(23)13-8-7-9-19-14-16-22(17-15-19)24-18-20-10-5-4-6-11-20/h4-6,10-11,14-17H,2-3,7-9,12-13,18H2,1H3. The molecule has 128 valence electrons. The van der Waals surface area contributed by atoms with Crippen LogP contribution < -0.4 is 4.74 Å². The number of ether oxygens (including phenoxy) is 1. The zero-order valence-corrected chi connectivity index (χ0v) is 14.7. The van der Waals surface area contributed by atoms with Crippen LogP contribution in [0.2, 0.25) is 0 Å². The first kappa shape index (κ1) is 18.3. The lowest BCUT2D eigenvalue weighted by Gasteiger charge is -2.07. The summed E-state index contributed by atoms with van der Waals surface area (Å²) in [6.07, 6.45) is 6.72. The number of hydrogen-bond donors (Lipinski definition) is 0. The molecule has 2 aromatic carbocycles. The van der Waals surface area contributed by atoms with Crippen molar-refractivity contribution in [2.45, 2.75) is 58.5 Å². The van der Waals surface area contributed by atoms with Crippen molar-refractivity contribution in [1.82, 2.24) is 0 Å². The fourth-order valence-electron chi connectivity index (χ4n) is 2.64. The molecule has 0 fully saturated rings. The van der Waals surface area contributed by atoms with Crippen molar-refractivity contribution >= 4 is 5.78 Å². The van der Waals surface area contributed by atoms with Gasteiger partial charge in [0.15, 0.2) is 0 Å². The van der Waals surface area contributed by atoms with E-state index in [1.54, 1.807) is 0 Å². The van der Waals surface area contributed by atoms with Gasteiger partial charge in [-0.05, 0) is 48.9 Å². The molecule has 24 heavy (non-hydrogen) atoms. The van der Waals surface area contributed by atoms with Crippen LogP contribution in [-0.2, 0) is 17.8 Å². The third-order valence-electron chi connectivity index (χ3n) is 4.15. The maximum absolute atomic E-state index is 11.6. The van der Waals surface area contributed by atoms with Gasteiger partial charge in [0.05, 0.1) is 0 Å². The lowest BCUT2D eigenvalue weighted by Crippen LogP contribution is -1.98. The van der Waals surface area contributed by atoms with E-state index in [1.807, 2.05) is 30.3 Å². The van der Waals surface area contributed by atoms with Gasteiger partial charge in [0, 0.05) is 12.8 Å². The van der Waals surface area contributed by atoms with E-state index < -0.39 is 0 Å². The number of carbonyl (C=O) groups excluding carboxylic acids is 1. The maximum Gasteiger partial charge on any atom is 0.132 e. The highest BCUT2D eigenvalue weighted by molar-refractivity contribution is 5.78. The third-order valence-corrected chi connectivity index (χ3v) is 4.15. The van der Waals surface area contributed by atoms with Crippen LogP contribution in [0.1, 0.15) is 56.6 Å². The van der Waals surface area contributed by atoms with Gasteiger partial charge in [-0.1, -0.05) is 55.8 Å². The average Bonchev–Trinajstić information content (AvgIpc) is 2.63. The molecule has 0 heterocycles. The smallest absolute Gasteiger partial charge is 0.132 e. The molecule has 2 aromatic rings. The molecule has 0 bridgehead atoms. The third kappa shape index (κ3) is 6.99. The van der Waals surface area contributed by atoms with E-state index in [1.165, 1.54) is 11.1 Å². The van der Waals surface area contributed by atoms with Crippen molar-refractivity contribution < 1.29 is 9.53 Å². The highest BCUT2D eigenvalue weighted by Crippen LogP contribution is 2.16. The summed E-state index contributed by atoms with van der Waals surface area (Å²) < 4.78 is 5.80. The van der Waals surface area contributed by atoms with Gasteiger partial charge < -0.3 is 4.74 Å². The van der Waals surface area contributed by atoms with Gasteiger partial charge in [-0.25, -0.2) is 0 Å². The maximum atomic E-state index is 11.6. The molecule has 0 saturated carbocycles. The summed E-state index contributed by atoms with van der Waals surface area (Å²) in [4.78, 5) is 11.6. The highest BCUT2D eigenvalue weighted by Gasteiger charge is 2.02. The molecular weight excluding hydrogens is 296 g/mol. The molecule has 2 rings (SSSR count). The summed E-state index contributed by atoms with van der Waals surface area (Å²) in [7, 11) is 0. The molecule has 0 aliphatic carbocycles. The quantitative estimate of drug-likeness (QED) is 0.493. The van der Waals surface area contributed by atoms with Crippen LogP contribution >= 0.6 is 0 Å². The van der Waals surface area contributed by atoms with Crippen LogP contribution in [0.4, 0.5) is 0 Å². The molecule has 2 heteroatoms. The number of ketones is 1. The van der Waals surface area contributed by atoms with Gasteiger partial charge in [-0.3, -0.25) is 4.79 Å². The van der Waals surface area contributed by atoms with Gasteiger partial charge >= 0.3 is 0 Å². The molecule has 0 saturated heterocycles. The van der Waals surface area contributed by atoms with Crippen LogP contribution in [0.5, 0.6) is 5.75 Å². The molecule has 0 N–H and O–H groups in total. The van der Waals surface area contributed by atoms with Gasteiger partial charge in [-0.2, -0.15) is 0 Å². The van der Waals surface area contributed by atoms with Gasteiger partial charge in [0.2, 0.25) is 0 Å². The predicted octanol–water partition coefficient (Wildman–Crippen LogP) is 5.74. The second kappa shape index (κ2) is 10.6. The molecular formula is C22H28O2. The first-order chi connectivity index (χ1) is 11.8. The summed E-state index contributed by atoms with van der Waals surface area (Å²) >= 11 is 0. The topological polar surface area (TPSA) is 26.3 Å². The van der Waals surface area contributed by atoms with E-state index in [2.05, 4.69) is 31.2 Å². The number of aryl methyl sites for hydroxylation is 1. The van der Waals surface area contributed by atoms with Crippen LogP contribution in [0.3, 0.4) is 0 Å². The van der Waals surface area contributed by atoms with Crippen LogP contribution in [0, 0.1) is 0 Å². The molecule has 0 spiro atoms. The van der Waals surface area contributed by atoms with E-state index in [-0.39, 0.29) is 0 Å². The Morgan fingerprint density at radius 1 is 0.833 bits per heavy atom. The van der Waals surface area contributed by atoms with Crippen molar-refractivity contribution in [2.24, 2.45) is 0 Å². The minimum atomic E-state index is 0.418. The summed E-state index contributed by atoms with van der Waals surface area (Å²) in [5, 5.41) is 0. The zero-order chi connectivity index (χ0) is 17.0. The number of hydrogen-bond acceptors (Lipinski definition) is 2. The summed E-state index contributed by atoms with van der Waals surface area (Å²) in [6.45, 7) is 2.72. The van der Waals surface area contributed by atoms with Crippen molar-refractivity contribution in [3.8, 4) is 5.75 Å². The summed E-state index contributed by atoms with van der Waals surface area (Å²) in [5.74, 6) is 1.32. The fourth-order valence-corrected chi connectivity index (χ4v) is 2.64. The molecule has 0 amide bonds. The Morgan fingerprint density at radius 2 is 1.54 bits per heavy atom. The van der Waals surface area contributed by atoms with E-state index >= 15 is 0 Å². The monoisotopic (exact) mass is 324 g/mol. The lowest BCUT2D eigenvalue weighted by molar-refractivity contribution is -0.119. The second-order valence-corrected chi connectivity index (χ2v) is 6.27. The van der Waals surface area contributed by atoms with Crippen molar-refractivity contribution in [2.75, 3.05) is 0 Å². The van der Waals surface area contributed by atoms with Gasteiger partial charge in [0.1, 0.15) is 18.1 Å². The first-order valence-corrected chi connectivity index (χ1v) is 9.05. The molecule has 0 aliphatic heterocycles. The largest absolute Gasteiger partial charge is 0.489 e. The van der Waals surface area contributed by atoms with Crippen LogP contribution in [-0.4, -0.2) is 5.78 Å². The number of carbonyl (C=O) groups is 1. The van der Waals surface area contributed by atoms with Gasteiger partial charge in [0.25, 0.3) is 0 Å². The molecule has 0 unspecified atom stereocenters. The van der Waals surface area contributed by atoms with Crippen molar-refractivity contribution in [1.29, 1.82) is 0 Å². The normalized spacial score (nSPS) is 10.5. The van der Waals surface area contributed by atoms with Crippen molar-refractivity contribution in [3.05, 3.63) is 65.7 Å². The Bertz CT molecular complexity index is 587. The number of unbranched alkanes of at least 4 members (excludes halogenated alkanes) is 2. The zero-order valence-electron chi connectivity index (χ0n) is 14.7. The minimum Gasteiger partial charge on any atom is -0.489 e. The molecule has 0 aliphatic rings. The van der Waals surface area contributed by atoms with E-state index in [9.17, 15) is 4.79 Å². The van der Waals surface area contributed by atoms with E-state index in [0.717, 1.165) is 50.7 Å². The lowest BCUT2D eigenvalue weighted by atomic mass is 10.0. The fraction of sp³-hybridized carbons (Fsp3) is 0.409. The number of benzene rings is 2. The molecule has 0 aromatic heterocycles. The first-order valence-electron chi connectivity index (χ1n) is 9.05. The average molecular weight is 324 g/mol.